The van der Waals surface area contributed by atoms with Gasteiger partial charge in [-0.3, -0.25) is 9.78 Å². The number of benzene rings is 1. The second-order valence-corrected chi connectivity index (χ2v) is 10.0. The van der Waals surface area contributed by atoms with Gasteiger partial charge in [0.15, 0.2) is 0 Å². The van der Waals surface area contributed by atoms with Crippen molar-refractivity contribution in [3.8, 4) is 10.7 Å². The van der Waals surface area contributed by atoms with Crippen molar-refractivity contribution < 1.29 is 13.2 Å². The van der Waals surface area contributed by atoms with Crippen LogP contribution in [0.5, 0.6) is 0 Å². The quantitative estimate of drug-likeness (QED) is 0.582. The first-order valence-electron chi connectivity index (χ1n) is 9.33. The van der Waals surface area contributed by atoms with Gasteiger partial charge in [-0.1, -0.05) is 17.7 Å². The van der Waals surface area contributed by atoms with Crippen LogP contribution < -0.4 is 0 Å². The maximum atomic E-state index is 12.8. The molecule has 3 heterocycles. The van der Waals surface area contributed by atoms with Gasteiger partial charge in [0.25, 0.3) is 0 Å². The van der Waals surface area contributed by atoms with Crippen LogP contribution in [0.15, 0.2) is 58.9 Å². The molecule has 0 unspecified atom stereocenters. The van der Waals surface area contributed by atoms with Crippen LogP contribution in [-0.4, -0.2) is 59.7 Å². The van der Waals surface area contributed by atoms with Crippen molar-refractivity contribution in [2.24, 2.45) is 0 Å². The van der Waals surface area contributed by atoms with E-state index >= 15 is 0 Å². The number of carbonyl (C=O) groups is 1. The standard InChI is InChI=1S/C20H19ClN4O3S2/c21-15-4-6-17(7-5-15)30(27,28)25-11-9-24(10-12-25)19(26)13-16-14-29-20(23-16)18-3-1-2-8-22-18/h1-8,14H,9-13H2. The maximum absolute atomic E-state index is 12.8. The van der Waals surface area contributed by atoms with Gasteiger partial charge in [0.1, 0.15) is 5.01 Å². The minimum absolute atomic E-state index is 0.0589. The minimum atomic E-state index is -3.60. The van der Waals surface area contributed by atoms with Crippen LogP contribution in [0.2, 0.25) is 5.02 Å². The zero-order chi connectivity index (χ0) is 21.1. The van der Waals surface area contributed by atoms with Crippen molar-refractivity contribution in [2.45, 2.75) is 11.3 Å². The van der Waals surface area contributed by atoms with Crippen molar-refractivity contribution in [3.05, 3.63) is 64.8 Å². The van der Waals surface area contributed by atoms with Gasteiger partial charge in [-0.2, -0.15) is 4.31 Å². The van der Waals surface area contributed by atoms with Crippen molar-refractivity contribution >= 4 is 38.9 Å². The van der Waals surface area contributed by atoms with Crippen LogP contribution in [0.1, 0.15) is 5.69 Å². The van der Waals surface area contributed by atoms with Crippen LogP contribution in [0.4, 0.5) is 0 Å². The molecule has 0 bridgehead atoms. The summed E-state index contributed by atoms with van der Waals surface area (Å²) < 4.78 is 26.9. The Labute approximate surface area is 184 Å². The second-order valence-electron chi connectivity index (χ2n) is 6.77. The highest BCUT2D eigenvalue weighted by Crippen LogP contribution is 2.23. The molecule has 1 aliphatic heterocycles. The SMILES string of the molecule is O=C(Cc1csc(-c2ccccn2)n1)N1CCN(S(=O)(=O)c2ccc(Cl)cc2)CC1. The number of pyridine rings is 1. The van der Waals surface area contributed by atoms with Crippen LogP contribution in [-0.2, 0) is 21.2 Å². The third kappa shape index (κ3) is 4.54. The molecule has 4 rings (SSSR count). The fraction of sp³-hybridized carbons (Fsp3) is 0.250. The molecule has 10 heteroatoms. The molecule has 1 fully saturated rings. The largest absolute Gasteiger partial charge is 0.340 e. The number of thiazole rings is 1. The minimum Gasteiger partial charge on any atom is -0.340 e. The van der Waals surface area contributed by atoms with E-state index in [0.29, 0.717) is 23.8 Å². The zero-order valence-corrected chi connectivity index (χ0v) is 18.3. The molecule has 1 aromatic carbocycles. The number of piperazine rings is 1. The molecule has 0 saturated carbocycles. The number of halogens is 1. The highest BCUT2D eigenvalue weighted by Gasteiger charge is 2.30. The lowest BCUT2D eigenvalue weighted by Gasteiger charge is -2.34. The van der Waals surface area contributed by atoms with E-state index < -0.39 is 10.0 Å². The molecule has 0 atom stereocenters. The first-order chi connectivity index (χ1) is 14.4. The molecule has 2 aromatic heterocycles. The van der Waals surface area contributed by atoms with Gasteiger partial charge in [-0.25, -0.2) is 13.4 Å². The number of rotatable bonds is 5. The summed E-state index contributed by atoms with van der Waals surface area (Å²) in [4.78, 5) is 23.3. The summed E-state index contributed by atoms with van der Waals surface area (Å²) in [7, 11) is -3.60. The summed E-state index contributed by atoms with van der Waals surface area (Å²) in [6, 6.07) is 11.7. The lowest BCUT2D eigenvalue weighted by atomic mass is 10.2. The van der Waals surface area contributed by atoms with Crippen LogP contribution in [0.3, 0.4) is 0 Å². The number of carbonyl (C=O) groups excluding carboxylic acids is 1. The Kier molecular flexibility index (Phi) is 6.14. The first-order valence-corrected chi connectivity index (χ1v) is 12.0. The Morgan fingerprint density at radius 1 is 1.07 bits per heavy atom. The van der Waals surface area contributed by atoms with E-state index in [4.69, 9.17) is 11.6 Å². The summed E-state index contributed by atoms with van der Waals surface area (Å²) in [6.45, 7) is 1.21. The van der Waals surface area contributed by atoms with Gasteiger partial charge in [0, 0.05) is 42.8 Å². The van der Waals surface area contributed by atoms with E-state index in [9.17, 15) is 13.2 Å². The predicted octanol–water partition coefficient (Wildman–Crippen LogP) is 2.93. The van der Waals surface area contributed by atoms with Crippen LogP contribution in [0.25, 0.3) is 10.7 Å². The molecule has 0 aliphatic carbocycles. The van der Waals surface area contributed by atoms with Crippen molar-refractivity contribution in [1.82, 2.24) is 19.2 Å². The summed E-state index contributed by atoms with van der Waals surface area (Å²) >= 11 is 7.30. The molecule has 1 saturated heterocycles. The molecule has 0 N–H and O–H groups in total. The summed E-state index contributed by atoms with van der Waals surface area (Å²) in [6.07, 6.45) is 1.90. The van der Waals surface area contributed by atoms with Crippen LogP contribution in [0, 0.1) is 0 Å². The summed E-state index contributed by atoms with van der Waals surface area (Å²) in [5.41, 5.74) is 1.48. The van der Waals surface area contributed by atoms with Crippen molar-refractivity contribution in [2.75, 3.05) is 26.2 Å². The smallest absolute Gasteiger partial charge is 0.243 e. The number of nitrogens with zero attached hydrogens (tertiary/aromatic N) is 4. The molecule has 0 radical (unpaired) electrons. The van der Waals surface area contributed by atoms with E-state index in [1.165, 1.54) is 27.8 Å². The molecule has 7 nitrogen and oxygen atoms in total. The number of hydrogen-bond donors (Lipinski definition) is 0. The highest BCUT2D eigenvalue weighted by atomic mass is 35.5. The van der Waals surface area contributed by atoms with Crippen LogP contribution >= 0.6 is 22.9 Å². The van der Waals surface area contributed by atoms with Gasteiger partial charge in [-0.15, -0.1) is 11.3 Å². The molecule has 3 aromatic rings. The highest BCUT2D eigenvalue weighted by molar-refractivity contribution is 7.89. The average molecular weight is 463 g/mol. The summed E-state index contributed by atoms with van der Waals surface area (Å²) in [5.74, 6) is -0.0589. The second kappa shape index (κ2) is 8.81. The van der Waals surface area contributed by atoms with Crippen molar-refractivity contribution in [1.29, 1.82) is 0 Å². The Morgan fingerprint density at radius 3 is 2.47 bits per heavy atom. The molecule has 1 amide bonds. The summed E-state index contributed by atoms with van der Waals surface area (Å²) in [5, 5.41) is 3.12. The monoisotopic (exact) mass is 462 g/mol. The third-order valence-electron chi connectivity index (χ3n) is 4.81. The molecular formula is C20H19ClN4O3S2. The Morgan fingerprint density at radius 2 is 1.80 bits per heavy atom. The van der Waals surface area contributed by atoms with Gasteiger partial charge in [-0.05, 0) is 36.4 Å². The van der Waals surface area contributed by atoms with Gasteiger partial charge >= 0.3 is 0 Å². The average Bonchev–Trinajstić information content (AvgIpc) is 3.23. The molecule has 156 valence electrons. The normalized spacial score (nSPS) is 15.3. The zero-order valence-electron chi connectivity index (χ0n) is 15.9. The Bertz CT molecular complexity index is 1130. The number of amides is 1. The fourth-order valence-corrected chi connectivity index (χ4v) is 5.54. The van der Waals surface area contributed by atoms with E-state index in [1.807, 2.05) is 23.6 Å². The topological polar surface area (TPSA) is 83.5 Å². The Hall–Kier alpha value is -2.33. The predicted molar refractivity (Wildman–Crippen MR) is 116 cm³/mol. The third-order valence-corrected chi connectivity index (χ3v) is 7.89. The lowest BCUT2D eigenvalue weighted by Crippen LogP contribution is -2.50. The van der Waals surface area contributed by atoms with Gasteiger partial charge in [0.05, 0.1) is 22.7 Å². The number of aromatic nitrogens is 2. The molecule has 30 heavy (non-hydrogen) atoms. The fourth-order valence-electron chi connectivity index (χ4n) is 3.20. The lowest BCUT2D eigenvalue weighted by molar-refractivity contribution is -0.131. The van der Waals surface area contributed by atoms with Gasteiger partial charge in [0.2, 0.25) is 15.9 Å². The maximum Gasteiger partial charge on any atom is 0.243 e. The molecular weight excluding hydrogens is 444 g/mol. The Balaban J connectivity index is 1.36. The van der Waals surface area contributed by atoms with E-state index in [0.717, 1.165) is 10.7 Å². The molecule has 0 spiro atoms. The van der Waals surface area contributed by atoms with Gasteiger partial charge < -0.3 is 4.90 Å². The van der Waals surface area contributed by atoms with E-state index in [-0.39, 0.29) is 30.3 Å². The van der Waals surface area contributed by atoms with E-state index in [1.54, 1.807) is 23.2 Å². The van der Waals surface area contributed by atoms with E-state index in [2.05, 4.69) is 9.97 Å². The first kappa shape index (κ1) is 20.9. The van der Waals surface area contributed by atoms with Crippen molar-refractivity contribution in [3.63, 3.8) is 0 Å². The number of sulfonamides is 1. The molecule has 1 aliphatic rings. The number of hydrogen-bond acceptors (Lipinski definition) is 6.